The minimum atomic E-state index is -3.51. The van der Waals surface area contributed by atoms with E-state index in [9.17, 15) is 8.42 Å². The summed E-state index contributed by atoms with van der Waals surface area (Å²) >= 11 is 4.59. The van der Waals surface area contributed by atoms with Gasteiger partial charge in [-0.3, -0.25) is 9.29 Å². The molecule has 0 atom stereocenters. The predicted octanol–water partition coefficient (Wildman–Crippen LogP) is 3.43. The maximum absolute atomic E-state index is 12.6. The van der Waals surface area contributed by atoms with Gasteiger partial charge in [0.1, 0.15) is 4.21 Å². The molecule has 0 saturated carbocycles. The Labute approximate surface area is 125 Å². The van der Waals surface area contributed by atoms with Gasteiger partial charge in [0.15, 0.2) is 0 Å². The van der Waals surface area contributed by atoms with Crippen molar-refractivity contribution in [2.24, 2.45) is 0 Å². The van der Waals surface area contributed by atoms with Gasteiger partial charge in [0.05, 0.1) is 9.47 Å². The van der Waals surface area contributed by atoms with Crippen LogP contribution in [0.4, 0.5) is 5.69 Å². The van der Waals surface area contributed by atoms with Crippen molar-refractivity contribution in [2.45, 2.75) is 18.1 Å². The Kier molecular flexibility index (Phi) is 4.27. The van der Waals surface area contributed by atoms with E-state index in [2.05, 4.69) is 20.9 Å². The second kappa shape index (κ2) is 5.60. The lowest BCUT2D eigenvalue weighted by Gasteiger charge is -2.21. The second-order valence-electron chi connectivity index (χ2n) is 3.90. The summed E-state index contributed by atoms with van der Waals surface area (Å²) in [7, 11) is -3.51. The van der Waals surface area contributed by atoms with Crippen LogP contribution in [-0.2, 0) is 10.0 Å². The fourth-order valence-corrected chi connectivity index (χ4v) is 5.48. The number of hydrogen-bond acceptors (Lipinski definition) is 4. The molecule has 102 valence electrons. The summed E-state index contributed by atoms with van der Waals surface area (Å²) in [4.78, 5) is 3.91. The molecule has 7 heteroatoms. The van der Waals surface area contributed by atoms with Crippen LogP contribution in [0.15, 0.2) is 38.6 Å². The zero-order valence-electron chi connectivity index (χ0n) is 10.5. The van der Waals surface area contributed by atoms with Crippen LogP contribution >= 0.6 is 27.3 Å². The molecule has 2 heterocycles. The molecule has 2 aromatic rings. The summed E-state index contributed by atoms with van der Waals surface area (Å²) in [5.74, 6) is 0. The minimum absolute atomic E-state index is 0.343. The number of sulfonamides is 1. The SMILES string of the molecule is CCN(c1ccncc1)S(=O)(=O)c1cc(C)c(Br)s1. The summed E-state index contributed by atoms with van der Waals surface area (Å²) in [6.07, 6.45) is 3.17. The third-order valence-corrected chi connectivity index (χ3v) is 7.11. The zero-order valence-corrected chi connectivity index (χ0v) is 13.7. The molecule has 0 N–H and O–H groups in total. The van der Waals surface area contributed by atoms with Gasteiger partial charge in [-0.05, 0) is 53.5 Å². The number of aromatic nitrogens is 1. The van der Waals surface area contributed by atoms with Crippen molar-refractivity contribution in [3.05, 3.63) is 39.9 Å². The predicted molar refractivity (Wildman–Crippen MR) is 81.2 cm³/mol. The maximum atomic E-state index is 12.6. The number of nitrogens with zero attached hydrogens (tertiary/aromatic N) is 2. The fourth-order valence-electron chi connectivity index (χ4n) is 1.67. The molecule has 0 bridgehead atoms. The van der Waals surface area contributed by atoms with Crippen LogP contribution < -0.4 is 4.31 Å². The van der Waals surface area contributed by atoms with Crippen molar-refractivity contribution in [2.75, 3.05) is 10.8 Å². The van der Waals surface area contributed by atoms with E-state index in [1.807, 2.05) is 13.8 Å². The van der Waals surface area contributed by atoms with Gasteiger partial charge in [-0.15, -0.1) is 11.3 Å². The van der Waals surface area contributed by atoms with Crippen molar-refractivity contribution in [1.82, 2.24) is 4.98 Å². The van der Waals surface area contributed by atoms with Gasteiger partial charge in [-0.2, -0.15) is 0 Å². The highest BCUT2D eigenvalue weighted by Gasteiger charge is 2.26. The van der Waals surface area contributed by atoms with E-state index in [0.717, 1.165) is 9.35 Å². The van der Waals surface area contributed by atoms with Crippen LogP contribution in [0, 0.1) is 6.92 Å². The molecule has 0 aliphatic heterocycles. The monoisotopic (exact) mass is 360 g/mol. The largest absolute Gasteiger partial charge is 0.273 e. The van der Waals surface area contributed by atoms with Crippen LogP contribution in [0.5, 0.6) is 0 Å². The lowest BCUT2D eigenvalue weighted by Crippen LogP contribution is -2.30. The lowest BCUT2D eigenvalue weighted by atomic mass is 10.4. The Bertz CT molecular complexity index is 649. The van der Waals surface area contributed by atoms with Crippen molar-refractivity contribution in [1.29, 1.82) is 0 Å². The smallest absolute Gasteiger partial charge is 0.266 e. The van der Waals surface area contributed by atoms with Gasteiger partial charge in [0.25, 0.3) is 10.0 Å². The number of aryl methyl sites for hydroxylation is 1. The Morgan fingerprint density at radius 3 is 2.47 bits per heavy atom. The molecule has 0 aromatic carbocycles. The molecule has 0 radical (unpaired) electrons. The quantitative estimate of drug-likeness (QED) is 0.838. The third-order valence-electron chi connectivity index (χ3n) is 2.62. The molecule has 0 spiro atoms. The first-order chi connectivity index (χ1) is 8.96. The normalized spacial score (nSPS) is 11.5. The number of rotatable bonds is 4. The minimum Gasteiger partial charge on any atom is -0.266 e. The van der Waals surface area contributed by atoms with Gasteiger partial charge < -0.3 is 0 Å². The highest BCUT2D eigenvalue weighted by Crippen LogP contribution is 2.33. The standard InChI is InChI=1S/C12H13BrN2O2S2/c1-3-15(10-4-6-14-7-5-10)19(16,17)11-8-9(2)12(13)18-11/h4-8H,3H2,1-2H3. The Morgan fingerprint density at radius 1 is 1.37 bits per heavy atom. The van der Waals surface area contributed by atoms with E-state index in [0.29, 0.717) is 16.4 Å². The molecule has 0 aliphatic rings. The first kappa shape index (κ1) is 14.5. The summed E-state index contributed by atoms with van der Waals surface area (Å²) in [6, 6.07) is 5.07. The molecule has 0 saturated heterocycles. The van der Waals surface area contributed by atoms with E-state index in [1.54, 1.807) is 30.6 Å². The average molecular weight is 361 g/mol. The van der Waals surface area contributed by atoms with Crippen LogP contribution in [-0.4, -0.2) is 19.9 Å². The molecule has 2 rings (SSSR count). The first-order valence-corrected chi connectivity index (χ1v) is 8.70. The Balaban J connectivity index is 2.48. The van der Waals surface area contributed by atoms with Gasteiger partial charge in [0.2, 0.25) is 0 Å². The molecule has 19 heavy (non-hydrogen) atoms. The van der Waals surface area contributed by atoms with E-state index in [4.69, 9.17) is 0 Å². The van der Waals surface area contributed by atoms with E-state index >= 15 is 0 Å². The molecular formula is C12H13BrN2O2S2. The fraction of sp³-hybridized carbons (Fsp3) is 0.250. The summed E-state index contributed by atoms with van der Waals surface area (Å²) in [5.41, 5.74) is 1.55. The number of hydrogen-bond donors (Lipinski definition) is 0. The Morgan fingerprint density at radius 2 is 2.00 bits per heavy atom. The number of pyridine rings is 1. The van der Waals surface area contributed by atoms with Gasteiger partial charge in [0, 0.05) is 18.9 Å². The average Bonchev–Trinajstić information content (AvgIpc) is 2.72. The van der Waals surface area contributed by atoms with Crippen LogP contribution in [0.25, 0.3) is 0 Å². The number of thiophene rings is 1. The summed E-state index contributed by atoms with van der Waals surface area (Å²) < 4.78 is 27.8. The molecule has 4 nitrogen and oxygen atoms in total. The molecule has 2 aromatic heterocycles. The van der Waals surface area contributed by atoms with Crippen molar-refractivity contribution >= 4 is 43.0 Å². The van der Waals surface area contributed by atoms with E-state index in [1.165, 1.54) is 15.6 Å². The van der Waals surface area contributed by atoms with Crippen LogP contribution in [0.1, 0.15) is 12.5 Å². The van der Waals surface area contributed by atoms with Crippen molar-refractivity contribution < 1.29 is 8.42 Å². The van der Waals surface area contributed by atoms with Gasteiger partial charge >= 0.3 is 0 Å². The van der Waals surface area contributed by atoms with Crippen LogP contribution in [0.3, 0.4) is 0 Å². The topological polar surface area (TPSA) is 50.3 Å². The highest BCUT2D eigenvalue weighted by atomic mass is 79.9. The first-order valence-electron chi connectivity index (χ1n) is 5.65. The number of anilines is 1. The van der Waals surface area contributed by atoms with E-state index in [-0.39, 0.29) is 0 Å². The van der Waals surface area contributed by atoms with Gasteiger partial charge in [-0.25, -0.2) is 8.42 Å². The van der Waals surface area contributed by atoms with E-state index < -0.39 is 10.0 Å². The van der Waals surface area contributed by atoms with Gasteiger partial charge in [-0.1, -0.05) is 0 Å². The summed E-state index contributed by atoms with van der Waals surface area (Å²) in [5, 5.41) is 0. The molecule has 0 aliphatic carbocycles. The van der Waals surface area contributed by atoms with Crippen molar-refractivity contribution in [3.63, 3.8) is 0 Å². The number of halogens is 1. The maximum Gasteiger partial charge on any atom is 0.273 e. The molecule has 0 fully saturated rings. The Hall–Kier alpha value is -0.920. The van der Waals surface area contributed by atoms with Crippen molar-refractivity contribution in [3.8, 4) is 0 Å². The zero-order chi connectivity index (χ0) is 14.0. The second-order valence-corrected chi connectivity index (χ2v) is 8.36. The molecule has 0 amide bonds. The molecular weight excluding hydrogens is 348 g/mol. The highest BCUT2D eigenvalue weighted by molar-refractivity contribution is 9.11. The van der Waals surface area contributed by atoms with Crippen LogP contribution in [0.2, 0.25) is 0 Å². The molecule has 0 unspecified atom stereocenters. The lowest BCUT2D eigenvalue weighted by molar-refractivity contribution is 0.594. The third kappa shape index (κ3) is 2.82. The summed E-state index contributed by atoms with van der Waals surface area (Å²) in [6.45, 7) is 4.07.